The van der Waals surface area contributed by atoms with Gasteiger partial charge >= 0.3 is 0 Å². The van der Waals surface area contributed by atoms with Gasteiger partial charge in [0.25, 0.3) is 0 Å². The van der Waals surface area contributed by atoms with Gasteiger partial charge in [-0.3, -0.25) is 0 Å². The molecule has 0 spiro atoms. The topological polar surface area (TPSA) is 60.2 Å². The van der Waals surface area contributed by atoms with Gasteiger partial charge in [-0.05, 0) is 24.0 Å². The third kappa shape index (κ3) is 2.93. The van der Waals surface area contributed by atoms with E-state index in [9.17, 15) is 8.42 Å². The zero-order chi connectivity index (χ0) is 13.6. The molecule has 100 valence electrons. The van der Waals surface area contributed by atoms with Crippen LogP contribution in [0.2, 0.25) is 0 Å². The number of sulfone groups is 1. The molecule has 1 aromatic carbocycles. The Balaban J connectivity index is 2.23. The molecule has 0 heterocycles. The first-order valence-electron chi connectivity index (χ1n) is 6.20. The zero-order valence-electron chi connectivity index (χ0n) is 11.2. The lowest BCUT2D eigenvalue weighted by Crippen LogP contribution is -2.28. The second-order valence-electron chi connectivity index (χ2n) is 6.19. The summed E-state index contributed by atoms with van der Waals surface area (Å²) in [6.45, 7) is 3.91. The van der Waals surface area contributed by atoms with Crippen molar-refractivity contribution in [3.05, 3.63) is 35.4 Å². The molecule has 0 amide bonds. The maximum Gasteiger partial charge on any atom is 0.148 e. The summed E-state index contributed by atoms with van der Waals surface area (Å²) in [5.74, 6) is 0.160. The number of hydrogen-bond acceptors (Lipinski definition) is 3. The molecule has 1 aliphatic carbocycles. The summed E-state index contributed by atoms with van der Waals surface area (Å²) < 4.78 is 22.9. The fraction of sp³-hybridized carbons (Fsp3) is 0.571. The third-order valence-corrected chi connectivity index (χ3v) is 4.90. The lowest BCUT2D eigenvalue weighted by molar-refractivity contribution is 0.552. The van der Waals surface area contributed by atoms with E-state index in [4.69, 9.17) is 5.73 Å². The highest BCUT2D eigenvalue weighted by Crippen LogP contribution is 2.42. The molecular formula is C14H21NO2S. The van der Waals surface area contributed by atoms with E-state index >= 15 is 0 Å². The van der Waals surface area contributed by atoms with Crippen LogP contribution in [-0.4, -0.2) is 20.4 Å². The number of rotatable bonds is 4. The van der Waals surface area contributed by atoms with Crippen molar-refractivity contribution in [2.45, 2.75) is 37.6 Å². The van der Waals surface area contributed by atoms with Gasteiger partial charge in [-0.1, -0.05) is 38.1 Å². The Labute approximate surface area is 109 Å². The third-order valence-electron chi connectivity index (χ3n) is 3.65. The molecule has 18 heavy (non-hydrogen) atoms. The SMILES string of the molecule is CC(C)(CS(C)(=O)=O)c1ccc(C2(N)CC2)cc1. The number of benzene rings is 1. The highest BCUT2D eigenvalue weighted by atomic mass is 32.2. The van der Waals surface area contributed by atoms with E-state index in [1.54, 1.807) is 0 Å². The molecule has 0 bridgehead atoms. The van der Waals surface area contributed by atoms with E-state index in [0.717, 1.165) is 24.0 Å². The van der Waals surface area contributed by atoms with Crippen molar-refractivity contribution < 1.29 is 8.42 Å². The molecule has 1 aliphatic rings. The smallest absolute Gasteiger partial charge is 0.148 e. The summed E-state index contributed by atoms with van der Waals surface area (Å²) in [5, 5.41) is 0. The van der Waals surface area contributed by atoms with Crippen LogP contribution < -0.4 is 5.73 Å². The van der Waals surface area contributed by atoms with Gasteiger partial charge in [0.1, 0.15) is 9.84 Å². The molecule has 1 fully saturated rings. The highest BCUT2D eigenvalue weighted by Gasteiger charge is 2.40. The predicted molar refractivity (Wildman–Crippen MR) is 74.3 cm³/mol. The summed E-state index contributed by atoms with van der Waals surface area (Å²) in [7, 11) is -2.98. The molecule has 2 N–H and O–H groups in total. The Bertz CT molecular complexity index is 540. The minimum atomic E-state index is -2.98. The second-order valence-corrected chi connectivity index (χ2v) is 8.33. The van der Waals surface area contributed by atoms with Gasteiger partial charge in [-0.2, -0.15) is 0 Å². The highest BCUT2D eigenvalue weighted by molar-refractivity contribution is 7.90. The molecule has 3 nitrogen and oxygen atoms in total. The largest absolute Gasteiger partial charge is 0.321 e. The Kier molecular flexibility index (Phi) is 3.06. The molecule has 0 saturated heterocycles. The summed E-state index contributed by atoms with van der Waals surface area (Å²) in [6, 6.07) is 8.08. The monoisotopic (exact) mass is 267 g/mol. The summed E-state index contributed by atoms with van der Waals surface area (Å²) in [5.41, 5.74) is 7.84. The van der Waals surface area contributed by atoms with Gasteiger partial charge in [0.15, 0.2) is 0 Å². The average Bonchev–Trinajstić information content (AvgIpc) is 2.95. The molecule has 2 rings (SSSR count). The maximum atomic E-state index is 11.4. The van der Waals surface area contributed by atoms with Gasteiger partial charge in [0.05, 0.1) is 5.75 Å². The van der Waals surface area contributed by atoms with E-state index in [-0.39, 0.29) is 16.7 Å². The van der Waals surface area contributed by atoms with Crippen LogP contribution in [0.1, 0.15) is 37.8 Å². The van der Waals surface area contributed by atoms with Gasteiger partial charge in [0, 0.05) is 17.2 Å². The molecule has 0 aromatic heterocycles. The zero-order valence-corrected chi connectivity index (χ0v) is 12.0. The quantitative estimate of drug-likeness (QED) is 0.907. The van der Waals surface area contributed by atoms with Gasteiger partial charge < -0.3 is 5.73 Å². The van der Waals surface area contributed by atoms with Crippen LogP contribution in [-0.2, 0) is 20.8 Å². The summed E-state index contributed by atoms with van der Waals surface area (Å²) in [4.78, 5) is 0. The van der Waals surface area contributed by atoms with Crippen molar-refractivity contribution in [2.24, 2.45) is 5.73 Å². The minimum absolute atomic E-state index is 0.125. The Hall–Kier alpha value is -0.870. The van der Waals surface area contributed by atoms with Crippen LogP contribution in [0.25, 0.3) is 0 Å². The standard InChI is InChI=1S/C14H21NO2S/c1-13(2,10-18(3,16)17)11-4-6-12(7-5-11)14(15)8-9-14/h4-7H,8-10,15H2,1-3H3. The predicted octanol–water partition coefficient (Wildman–Crippen LogP) is 1.96. The number of hydrogen-bond donors (Lipinski definition) is 1. The first-order chi connectivity index (χ1) is 8.12. The van der Waals surface area contributed by atoms with Crippen molar-refractivity contribution in [3.63, 3.8) is 0 Å². The minimum Gasteiger partial charge on any atom is -0.321 e. The lowest BCUT2D eigenvalue weighted by Gasteiger charge is -2.24. The van der Waals surface area contributed by atoms with Crippen LogP contribution in [0, 0.1) is 0 Å². The van der Waals surface area contributed by atoms with Gasteiger partial charge in [-0.25, -0.2) is 8.42 Å². The number of nitrogens with two attached hydrogens (primary N) is 1. The van der Waals surface area contributed by atoms with Crippen molar-refractivity contribution in [3.8, 4) is 0 Å². The van der Waals surface area contributed by atoms with E-state index in [1.165, 1.54) is 6.26 Å². The van der Waals surface area contributed by atoms with E-state index in [2.05, 4.69) is 0 Å². The van der Waals surface area contributed by atoms with E-state index in [0.29, 0.717) is 0 Å². The maximum absolute atomic E-state index is 11.4. The van der Waals surface area contributed by atoms with Crippen molar-refractivity contribution >= 4 is 9.84 Å². The van der Waals surface area contributed by atoms with Crippen molar-refractivity contribution in [1.29, 1.82) is 0 Å². The molecule has 0 radical (unpaired) electrons. The molecule has 0 aliphatic heterocycles. The Morgan fingerprint density at radius 2 is 1.72 bits per heavy atom. The Morgan fingerprint density at radius 3 is 2.11 bits per heavy atom. The van der Waals surface area contributed by atoms with Crippen molar-refractivity contribution in [1.82, 2.24) is 0 Å². The molecule has 0 atom stereocenters. The molecule has 4 heteroatoms. The average molecular weight is 267 g/mol. The summed E-state index contributed by atoms with van der Waals surface area (Å²) >= 11 is 0. The molecule has 1 aromatic rings. The van der Waals surface area contributed by atoms with Crippen LogP contribution in [0.3, 0.4) is 0 Å². The lowest BCUT2D eigenvalue weighted by atomic mass is 9.86. The van der Waals surface area contributed by atoms with Crippen LogP contribution in [0.5, 0.6) is 0 Å². The second kappa shape index (κ2) is 4.07. The van der Waals surface area contributed by atoms with Crippen LogP contribution in [0.15, 0.2) is 24.3 Å². The fourth-order valence-electron chi connectivity index (χ4n) is 2.42. The van der Waals surface area contributed by atoms with Crippen LogP contribution in [0.4, 0.5) is 0 Å². The normalized spacial score (nSPS) is 18.7. The Morgan fingerprint density at radius 1 is 1.22 bits per heavy atom. The van der Waals surface area contributed by atoms with Gasteiger partial charge in [0.2, 0.25) is 0 Å². The van der Waals surface area contributed by atoms with E-state index < -0.39 is 9.84 Å². The first kappa shape index (κ1) is 13.6. The first-order valence-corrected chi connectivity index (χ1v) is 8.26. The van der Waals surface area contributed by atoms with Crippen LogP contribution >= 0.6 is 0 Å². The van der Waals surface area contributed by atoms with Gasteiger partial charge in [-0.15, -0.1) is 0 Å². The molecule has 1 saturated carbocycles. The molecule has 0 unspecified atom stereocenters. The fourth-order valence-corrected chi connectivity index (χ4v) is 3.89. The van der Waals surface area contributed by atoms with Crippen molar-refractivity contribution in [2.75, 3.05) is 12.0 Å². The summed E-state index contributed by atoms with van der Waals surface area (Å²) in [6.07, 6.45) is 3.36. The molecular weight excluding hydrogens is 246 g/mol. The van der Waals surface area contributed by atoms with E-state index in [1.807, 2.05) is 38.1 Å².